The van der Waals surface area contributed by atoms with Gasteiger partial charge in [0.1, 0.15) is 0 Å². The summed E-state index contributed by atoms with van der Waals surface area (Å²) in [5.41, 5.74) is 1.92. The molecule has 8 heteroatoms. The predicted octanol–water partition coefficient (Wildman–Crippen LogP) is 2.71. The highest BCUT2D eigenvalue weighted by Gasteiger charge is 2.13. The second-order valence-electron chi connectivity index (χ2n) is 6.63. The van der Waals surface area contributed by atoms with Gasteiger partial charge in [-0.3, -0.25) is 10.0 Å². The van der Waals surface area contributed by atoms with Gasteiger partial charge in [-0.1, -0.05) is 0 Å². The number of hydrazone groups is 2. The summed E-state index contributed by atoms with van der Waals surface area (Å²) in [4.78, 5) is 0. The minimum atomic E-state index is 0.691. The zero-order chi connectivity index (χ0) is 21.3. The van der Waals surface area contributed by atoms with Crippen LogP contribution in [0, 0.1) is 0 Å². The van der Waals surface area contributed by atoms with E-state index >= 15 is 0 Å². The van der Waals surface area contributed by atoms with Crippen LogP contribution in [-0.2, 0) is 0 Å². The smallest absolute Gasteiger partial charge is 0.161 e. The van der Waals surface area contributed by atoms with E-state index in [-0.39, 0.29) is 0 Å². The average molecular weight is 412 g/mol. The first kappa shape index (κ1) is 21.3. The van der Waals surface area contributed by atoms with Crippen LogP contribution in [0.3, 0.4) is 0 Å². The number of rotatable bonds is 8. The van der Waals surface area contributed by atoms with Crippen LogP contribution in [0.4, 0.5) is 0 Å². The largest absolute Gasteiger partial charge is 0.493 e. The molecule has 0 saturated carbocycles. The lowest BCUT2D eigenvalue weighted by atomic mass is 10.2. The van der Waals surface area contributed by atoms with Crippen molar-refractivity contribution in [3.05, 3.63) is 47.5 Å². The molecule has 0 N–H and O–H groups in total. The summed E-state index contributed by atoms with van der Waals surface area (Å²) in [6.45, 7) is 3.19. The van der Waals surface area contributed by atoms with Crippen LogP contribution >= 0.6 is 0 Å². The summed E-state index contributed by atoms with van der Waals surface area (Å²) >= 11 is 0. The SMILES string of the molecule is COc1ccc(/C=N\N2CCN(/N=C/c3ccc(OC)c(OC)c3)CC2)cc1OC. The highest BCUT2D eigenvalue weighted by molar-refractivity contribution is 5.81. The van der Waals surface area contributed by atoms with Crippen LogP contribution in [0.15, 0.2) is 46.6 Å². The van der Waals surface area contributed by atoms with Gasteiger partial charge in [-0.2, -0.15) is 10.2 Å². The number of ether oxygens (including phenoxy) is 4. The van der Waals surface area contributed by atoms with Crippen LogP contribution in [0.5, 0.6) is 23.0 Å². The minimum Gasteiger partial charge on any atom is -0.493 e. The van der Waals surface area contributed by atoms with Crippen LogP contribution in [-0.4, -0.2) is 77.1 Å². The van der Waals surface area contributed by atoms with Crippen LogP contribution in [0.1, 0.15) is 11.1 Å². The first-order valence-electron chi connectivity index (χ1n) is 9.68. The third-order valence-corrected chi connectivity index (χ3v) is 4.79. The summed E-state index contributed by atoms with van der Waals surface area (Å²) < 4.78 is 21.2. The van der Waals surface area contributed by atoms with Gasteiger partial charge in [-0.25, -0.2) is 0 Å². The highest BCUT2D eigenvalue weighted by Crippen LogP contribution is 2.27. The van der Waals surface area contributed by atoms with Gasteiger partial charge in [-0.05, 0) is 47.5 Å². The lowest BCUT2D eigenvalue weighted by Gasteiger charge is -2.31. The normalized spacial score (nSPS) is 14.4. The molecule has 0 aliphatic carbocycles. The Morgan fingerprint density at radius 3 is 1.30 bits per heavy atom. The van der Waals surface area contributed by atoms with E-state index in [0.717, 1.165) is 37.3 Å². The van der Waals surface area contributed by atoms with E-state index in [0.29, 0.717) is 23.0 Å². The maximum absolute atomic E-state index is 5.34. The van der Waals surface area contributed by atoms with E-state index in [1.807, 2.05) is 58.8 Å². The lowest BCUT2D eigenvalue weighted by molar-refractivity contribution is 0.141. The number of methoxy groups -OCH3 is 4. The van der Waals surface area contributed by atoms with Gasteiger partial charge in [0.15, 0.2) is 23.0 Å². The summed E-state index contributed by atoms with van der Waals surface area (Å²) in [7, 11) is 6.50. The standard InChI is InChI=1S/C22H28N4O4/c1-27-19-7-5-17(13-21(19)29-3)15-23-25-9-11-26(12-10-25)24-16-18-6-8-20(28-2)22(14-18)30-4/h5-8,13-16H,9-12H2,1-4H3/b23-15-,24-16+. The number of hydrogen-bond donors (Lipinski definition) is 0. The summed E-state index contributed by atoms with van der Waals surface area (Å²) in [6, 6.07) is 11.5. The second-order valence-corrected chi connectivity index (χ2v) is 6.63. The van der Waals surface area contributed by atoms with Gasteiger partial charge >= 0.3 is 0 Å². The Morgan fingerprint density at radius 1 is 0.600 bits per heavy atom. The fourth-order valence-corrected chi connectivity index (χ4v) is 3.08. The van der Waals surface area contributed by atoms with Gasteiger partial charge < -0.3 is 18.9 Å². The fourth-order valence-electron chi connectivity index (χ4n) is 3.08. The van der Waals surface area contributed by atoms with Crippen molar-refractivity contribution in [3.63, 3.8) is 0 Å². The molecule has 0 aromatic heterocycles. The van der Waals surface area contributed by atoms with Gasteiger partial charge in [-0.15, -0.1) is 0 Å². The molecule has 0 amide bonds. The van der Waals surface area contributed by atoms with E-state index in [2.05, 4.69) is 10.2 Å². The Bertz CT molecular complexity index is 819. The van der Waals surface area contributed by atoms with Crippen molar-refractivity contribution < 1.29 is 18.9 Å². The Hall–Kier alpha value is -3.42. The zero-order valence-corrected chi connectivity index (χ0v) is 17.9. The van der Waals surface area contributed by atoms with Gasteiger partial charge in [0.25, 0.3) is 0 Å². The average Bonchev–Trinajstić information content (AvgIpc) is 2.81. The molecule has 0 bridgehead atoms. The predicted molar refractivity (Wildman–Crippen MR) is 117 cm³/mol. The quantitative estimate of drug-likeness (QED) is 0.621. The van der Waals surface area contributed by atoms with Crippen molar-refractivity contribution in [2.75, 3.05) is 54.6 Å². The Kier molecular flexibility index (Phi) is 7.37. The molecule has 0 radical (unpaired) electrons. The molecule has 1 saturated heterocycles. The number of benzene rings is 2. The van der Waals surface area contributed by atoms with Crippen molar-refractivity contribution in [1.82, 2.24) is 10.0 Å². The highest BCUT2D eigenvalue weighted by atomic mass is 16.5. The molecule has 1 aliphatic rings. The van der Waals surface area contributed by atoms with E-state index < -0.39 is 0 Å². The molecule has 30 heavy (non-hydrogen) atoms. The summed E-state index contributed by atoms with van der Waals surface area (Å²) in [6.07, 6.45) is 3.68. The summed E-state index contributed by atoms with van der Waals surface area (Å²) in [5, 5.41) is 13.2. The second kappa shape index (κ2) is 10.4. The third-order valence-electron chi connectivity index (χ3n) is 4.79. The van der Waals surface area contributed by atoms with Gasteiger partial charge in [0, 0.05) is 0 Å². The van der Waals surface area contributed by atoms with Crippen molar-refractivity contribution in [2.24, 2.45) is 10.2 Å². The molecule has 2 aromatic rings. The van der Waals surface area contributed by atoms with Crippen LogP contribution in [0.25, 0.3) is 0 Å². The minimum absolute atomic E-state index is 0.691. The van der Waals surface area contributed by atoms with Gasteiger partial charge in [0.05, 0.1) is 67.0 Å². The number of piperazine rings is 1. The van der Waals surface area contributed by atoms with Gasteiger partial charge in [0.2, 0.25) is 0 Å². The third kappa shape index (κ3) is 5.34. The molecular formula is C22H28N4O4. The Morgan fingerprint density at radius 2 is 0.967 bits per heavy atom. The molecule has 1 aliphatic heterocycles. The van der Waals surface area contributed by atoms with Crippen LogP contribution in [0.2, 0.25) is 0 Å². The molecule has 0 spiro atoms. The maximum Gasteiger partial charge on any atom is 0.161 e. The molecular weight excluding hydrogens is 384 g/mol. The van der Waals surface area contributed by atoms with Crippen LogP contribution < -0.4 is 18.9 Å². The van der Waals surface area contributed by atoms with Crippen molar-refractivity contribution >= 4 is 12.4 Å². The first-order chi connectivity index (χ1) is 14.7. The topological polar surface area (TPSA) is 68.1 Å². The fraction of sp³-hybridized carbons (Fsp3) is 0.364. The molecule has 1 heterocycles. The van der Waals surface area contributed by atoms with E-state index in [1.54, 1.807) is 28.4 Å². The molecule has 1 fully saturated rings. The monoisotopic (exact) mass is 412 g/mol. The van der Waals surface area contributed by atoms with E-state index in [1.165, 1.54) is 0 Å². The zero-order valence-electron chi connectivity index (χ0n) is 17.9. The molecule has 0 unspecified atom stereocenters. The van der Waals surface area contributed by atoms with E-state index in [4.69, 9.17) is 18.9 Å². The van der Waals surface area contributed by atoms with Crippen molar-refractivity contribution in [3.8, 4) is 23.0 Å². The van der Waals surface area contributed by atoms with E-state index in [9.17, 15) is 0 Å². The molecule has 0 atom stereocenters. The number of hydrogen-bond acceptors (Lipinski definition) is 8. The summed E-state index contributed by atoms with van der Waals surface area (Å²) in [5.74, 6) is 2.79. The lowest BCUT2D eigenvalue weighted by Crippen LogP contribution is -2.41. The molecule has 3 rings (SSSR count). The van der Waals surface area contributed by atoms with Crippen molar-refractivity contribution in [2.45, 2.75) is 0 Å². The first-order valence-corrected chi connectivity index (χ1v) is 9.68. The molecule has 160 valence electrons. The maximum atomic E-state index is 5.34. The Balaban J connectivity index is 1.53. The molecule has 2 aromatic carbocycles. The Labute approximate surface area is 177 Å². The van der Waals surface area contributed by atoms with Crippen molar-refractivity contribution in [1.29, 1.82) is 0 Å². The number of nitrogens with zero attached hydrogens (tertiary/aromatic N) is 4. The molecule has 8 nitrogen and oxygen atoms in total.